The number of nitrogens with one attached hydrogen (secondary N) is 1. The lowest BCUT2D eigenvalue weighted by Crippen LogP contribution is -2.13. The van der Waals surface area contributed by atoms with Crippen LogP contribution in [-0.2, 0) is 10.0 Å². The maximum atomic E-state index is 12.9. The summed E-state index contributed by atoms with van der Waals surface area (Å²) in [6, 6.07) is 19.7. The van der Waals surface area contributed by atoms with Crippen molar-refractivity contribution in [1.29, 1.82) is 0 Å². The molecule has 7 nitrogen and oxygen atoms in total. The Balaban J connectivity index is 1.74. The van der Waals surface area contributed by atoms with Gasteiger partial charge < -0.3 is 5.11 Å². The largest absolute Gasteiger partial charge is 0.505 e. The molecule has 4 aromatic rings. The standard InChI is InChI=1S/C23H15Cl2N3O4S/c24-15-7-5-14(6-8-15)23(30)27-26-21-13-20(18-3-1-2-4-19(18)22(21)29)28-33(31,32)17-11-9-16(25)10-12-17/h1-13,28-29H. The second-order valence-corrected chi connectivity index (χ2v) is 9.46. The van der Waals surface area contributed by atoms with Crippen LogP contribution in [0.1, 0.15) is 10.4 Å². The van der Waals surface area contributed by atoms with Crippen LogP contribution >= 0.6 is 23.2 Å². The summed E-state index contributed by atoms with van der Waals surface area (Å²) in [5.74, 6) is -0.893. The highest BCUT2D eigenvalue weighted by Gasteiger charge is 2.18. The summed E-state index contributed by atoms with van der Waals surface area (Å²) < 4.78 is 28.3. The highest BCUT2D eigenvalue weighted by atomic mass is 35.5. The van der Waals surface area contributed by atoms with E-state index in [2.05, 4.69) is 15.0 Å². The van der Waals surface area contributed by atoms with E-state index in [4.69, 9.17) is 23.2 Å². The van der Waals surface area contributed by atoms with Gasteiger partial charge in [0.1, 0.15) is 5.69 Å². The minimum absolute atomic E-state index is 0.00477. The quantitative estimate of drug-likeness (QED) is 0.238. The number of halogens is 2. The van der Waals surface area contributed by atoms with E-state index in [9.17, 15) is 18.3 Å². The number of carbonyl (C=O) groups is 1. The number of nitrogens with zero attached hydrogens (tertiary/aromatic N) is 2. The predicted octanol–water partition coefficient (Wildman–Crippen LogP) is 6.58. The number of azo groups is 1. The van der Waals surface area contributed by atoms with Gasteiger partial charge in [-0.1, -0.05) is 47.5 Å². The molecule has 33 heavy (non-hydrogen) atoms. The molecule has 4 aromatic carbocycles. The molecule has 2 N–H and O–H groups in total. The molecule has 0 radical (unpaired) electrons. The van der Waals surface area contributed by atoms with E-state index in [0.717, 1.165) is 0 Å². The van der Waals surface area contributed by atoms with Crippen LogP contribution in [0.3, 0.4) is 0 Å². The number of phenols is 1. The van der Waals surface area contributed by atoms with E-state index in [1.165, 1.54) is 42.5 Å². The Labute approximate surface area is 199 Å². The van der Waals surface area contributed by atoms with Gasteiger partial charge in [-0.25, -0.2) is 8.42 Å². The molecule has 0 saturated heterocycles. The van der Waals surface area contributed by atoms with Gasteiger partial charge in [-0.05, 0) is 54.6 Å². The minimum Gasteiger partial charge on any atom is -0.505 e. The third-order valence-corrected chi connectivity index (χ3v) is 6.59. The molecule has 0 fully saturated rings. The maximum absolute atomic E-state index is 12.9. The fraction of sp³-hybridized carbons (Fsp3) is 0. The van der Waals surface area contributed by atoms with E-state index in [1.807, 2.05) is 0 Å². The van der Waals surface area contributed by atoms with Crippen molar-refractivity contribution in [2.75, 3.05) is 4.72 Å². The molecule has 4 rings (SSSR count). The first-order valence-corrected chi connectivity index (χ1v) is 11.7. The average molecular weight is 500 g/mol. The second kappa shape index (κ2) is 9.19. The van der Waals surface area contributed by atoms with Gasteiger partial charge in [0, 0.05) is 26.4 Å². The fourth-order valence-electron chi connectivity index (χ4n) is 3.07. The monoisotopic (exact) mass is 499 g/mol. The number of anilines is 1. The Bertz CT molecular complexity index is 1490. The Morgan fingerprint density at radius 3 is 2.06 bits per heavy atom. The van der Waals surface area contributed by atoms with Gasteiger partial charge in [0.25, 0.3) is 15.9 Å². The third kappa shape index (κ3) is 4.98. The molecule has 0 aliphatic rings. The predicted molar refractivity (Wildman–Crippen MR) is 128 cm³/mol. The van der Waals surface area contributed by atoms with Crippen LogP contribution in [0.15, 0.2) is 94.0 Å². The van der Waals surface area contributed by atoms with Crippen LogP contribution < -0.4 is 4.72 Å². The molecular formula is C23H15Cl2N3O4S. The van der Waals surface area contributed by atoms with Crippen LogP contribution in [0.2, 0.25) is 10.0 Å². The molecule has 10 heteroatoms. The summed E-state index contributed by atoms with van der Waals surface area (Å²) in [5, 5.41) is 19.8. The van der Waals surface area contributed by atoms with E-state index < -0.39 is 15.9 Å². The van der Waals surface area contributed by atoms with Gasteiger partial charge in [-0.15, -0.1) is 10.2 Å². The highest BCUT2D eigenvalue weighted by Crippen LogP contribution is 2.40. The van der Waals surface area contributed by atoms with E-state index in [1.54, 1.807) is 36.4 Å². The molecule has 0 aromatic heterocycles. The molecule has 0 heterocycles. The number of hydrogen-bond acceptors (Lipinski definition) is 5. The summed E-state index contributed by atoms with van der Waals surface area (Å²) in [4.78, 5) is 12.3. The number of aromatic hydroxyl groups is 1. The van der Waals surface area contributed by atoms with Crippen LogP contribution in [-0.4, -0.2) is 19.4 Å². The Kier molecular flexibility index (Phi) is 6.33. The second-order valence-electron chi connectivity index (χ2n) is 6.91. The number of rotatable bonds is 5. The Hall–Kier alpha value is -3.46. The van der Waals surface area contributed by atoms with Crippen LogP contribution in [0.5, 0.6) is 5.75 Å². The lowest BCUT2D eigenvalue weighted by Gasteiger charge is -2.13. The van der Waals surface area contributed by atoms with Crippen molar-refractivity contribution in [3.63, 3.8) is 0 Å². The Morgan fingerprint density at radius 2 is 1.42 bits per heavy atom. The van der Waals surface area contributed by atoms with E-state index in [0.29, 0.717) is 20.8 Å². The minimum atomic E-state index is -3.97. The topological polar surface area (TPSA) is 108 Å². The number of sulfonamides is 1. The number of benzene rings is 4. The Morgan fingerprint density at radius 1 is 0.848 bits per heavy atom. The van der Waals surface area contributed by atoms with Gasteiger partial charge in [-0.2, -0.15) is 0 Å². The van der Waals surface area contributed by atoms with Gasteiger partial charge in [0.15, 0.2) is 5.75 Å². The molecule has 0 bridgehead atoms. The molecule has 0 atom stereocenters. The zero-order chi connectivity index (χ0) is 23.6. The molecular weight excluding hydrogens is 485 g/mol. The van der Waals surface area contributed by atoms with Crippen molar-refractivity contribution in [2.45, 2.75) is 4.90 Å². The molecule has 1 amide bonds. The van der Waals surface area contributed by atoms with Crippen LogP contribution in [0, 0.1) is 0 Å². The van der Waals surface area contributed by atoms with Gasteiger partial charge in [0.2, 0.25) is 0 Å². The molecule has 0 aliphatic carbocycles. The summed E-state index contributed by atoms with van der Waals surface area (Å²) in [6.07, 6.45) is 0. The lowest BCUT2D eigenvalue weighted by molar-refractivity contribution is 0.0995. The molecule has 166 valence electrons. The third-order valence-electron chi connectivity index (χ3n) is 4.70. The first kappa shape index (κ1) is 22.7. The number of fused-ring (bicyclic) bond motifs is 1. The summed E-state index contributed by atoms with van der Waals surface area (Å²) in [7, 11) is -3.97. The smallest absolute Gasteiger partial charge is 0.295 e. The van der Waals surface area contributed by atoms with Crippen molar-refractivity contribution in [3.05, 3.63) is 94.5 Å². The van der Waals surface area contributed by atoms with Crippen molar-refractivity contribution in [1.82, 2.24) is 0 Å². The first-order chi connectivity index (χ1) is 15.7. The zero-order valence-electron chi connectivity index (χ0n) is 16.7. The molecule has 0 unspecified atom stereocenters. The summed E-state index contributed by atoms with van der Waals surface area (Å²) in [6.45, 7) is 0. The van der Waals surface area contributed by atoms with Gasteiger partial charge in [-0.3, -0.25) is 9.52 Å². The van der Waals surface area contributed by atoms with Crippen molar-refractivity contribution in [3.8, 4) is 5.75 Å². The molecule has 0 saturated carbocycles. The van der Waals surface area contributed by atoms with Crippen LogP contribution in [0.4, 0.5) is 11.4 Å². The highest BCUT2D eigenvalue weighted by molar-refractivity contribution is 7.92. The molecule has 0 spiro atoms. The SMILES string of the molecule is O=C(N=Nc1cc(NS(=O)(=O)c2ccc(Cl)cc2)c2ccccc2c1O)c1ccc(Cl)cc1. The maximum Gasteiger partial charge on any atom is 0.295 e. The van der Waals surface area contributed by atoms with Crippen molar-refractivity contribution < 1.29 is 18.3 Å². The number of hydrogen-bond donors (Lipinski definition) is 2. The zero-order valence-corrected chi connectivity index (χ0v) is 19.1. The van der Waals surface area contributed by atoms with Crippen molar-refractivity contribution in [2.24, 2.45) is 10.2 Å². The molecule has 0 aliphatic heterocycles. The first-order valence-electron chi connectivity index (χ1n) is 9.49. The number of amides is 1. The summed E-state index contributed by atoms with van der Waals surface area (Å²) >= 11 is 11.7. The fourth-order valence-corrected chi connectivity index (χ4v) is 4.40. The normalized spacial score (nSPS) is 11.7. The van der Waals surface area contributed by atoms with Crippen LogP contribution in [0.25, 0.3) is 10.8 Å². The average Bonchev–Trinajstić information content (AvgIpc) is 2.80. The van der Waals surface area contributed by atoms with E-state index >= 15 is 0 Å². The number of carbonyl (C=O) groups excluding carboxylic acids is 1. The van der Waals surface area contributed by atoms with Crippen molar-refractivity contribution >= 4 is 61.3 Å². The summed E-state index contributed by atoms with van der Waals surface area (Å²) in [5.41, 5.74) is 0.336. The number of phenolic OH excluding ortho intramolecular Hbond substituents is 1. The lowest BCUT2D eigenvalue weighted by atomic mass is 10.1. The van der Waals surface area contributed by atoms with Gasteiger partial charge in [0.05, 0.1) is 10.6 Å². The van der Waals surface area contributed by atoms with Gasteiger partial charge >= 0.3 is 0 Å². The van der Waals surface area contributed by atoms with E-state index in [-0.39, 0.29) is 27.6 Å².